The topological polar surface area (TPSA) is 78.6 Å². The number of nitrogens with one attached hydrogen (secondary N) is 1. The number of hydrogen-bond donors (Lipinski definition) is 2. The minimum Gasteiger partial charge on any atom is -0.502 e. The maximum Gasteiger partial charge on any atom is 0.313 e. The molecule has 2 fully saturated rings. The van der Waals surface area contributed by atoms with E-state index in [4.69, 9.17) is 0 Å². The first kappa shape index (κ1) is 23.0. The fraction of sp³-hybridized carbons (Fsp3) is 0.667. The number of aromatic hydroxyl groups is 1. The van der Waals surface area contributed by atoms with Gasteiger partial charge < -0.3 is 10.4 Å². The third-order valence-corrected chi connectivity index (χ3v) is 5.53. The number of benzene rings is 1. The summed E-state index contributed by atoms with van der Waals surface area (Å²) in [6, 6.07) is 3.76. The summed E-state index contributed by atoms with van der Waals surface area (Å²) in [5, 5.41) is 25.4. The second-order valence-electron chi connectivity index (χ2n) is 7.05. The van der Waals surface area contributed by atoms with E-state index in [2.05, 4.69) is 10.2 Å². The number of aryl methyl sites for hydroxylation is 1. The van der Waals surface area contributed by atoms with Crippen molar-refractivity contribution in [1.82, 2.24) is 10.2 Å². The number of rotatable bonds is 4. The molecule has 1 aliphatic heterocycles. The first-order valence-corrected chi connectivity index (χ1v) is 9.01. The Labute approximate surface area is 167 Å². The van der Waals surface area contributed by atoms with Crippen molar-refractivity contribution >= 4 is 30.5 Å². The quantitative estimate of drug-likeness (QED) is 0.584. The lowest BCUT2D eigenvalue weighted by molar-refractivity contribution is -0.386. The highest BCUT2D eigenvalue weighted by Crippen LogP contribution is 2.45. The molecule has 0 aromatic heterocycles. The molecule has 6 nitrogen and oxygen atoms in total. The Morgan fingerprint density at radius 1 is 1.19 bits per heavy atom. The van der Waals surface area contributed by atoms with Crippen molar-refractivity contribution in [2.45, 2.75) is 45.1 Å². The summed E-state index contributed by atoms with van der Waals surface area (Å²) >= 11 is 0. The van der Waals surface area contributed by atoms with Gasteiger partial charge in [-0.3, -0.25) is 15.0 Å². The summed E-state index contributed by atoms with van der Waals surface area (Å²) in [5.74, 6) is 0.333. The van der Waals surface area contributed by atoms with E-state index in [1.54, 1.807) is 13.0 Å². The molecule has 1 aliphatic carbocycles. The SMILES string of the molecule is Cc1ccc([C@@H](C2CCCCC2)N2CCNCC2)c(O)c1[N+](=O)[O-].Cl.Cl. The van der Waals surface area contributed by atoms with Crippen molar-refractivity contribution in [2.24, 2.45) is 5.92 Å². The number of nitro groups is 1. The standard InChI is InChI=1S/C18H27N3O3.2ClH/c1-13-7-8-15(18(22)16(13)21(23)24)17(14-5-3-2-4-6-14)20-11-9-19-10-12-20;;/h7-8,14,17,19,22H,2-6,9-12H2,1H3;2*1H/t17-;;/m1../s1. The second kappa shape index (κ2) is 10.3. The van der Waals surface area contributed by atoms with Crippen LogP contribution in [0.5, 0.6) is 5.75 Å². The number of piperazine rings is 1. The fourth-order valence-corrected chi connectivity index (χ4v) is 4.32. The van der Waals surface area contributed by atoms with E-state index in [1.165, 1.54) is 19.3 Å². The second-order valence-corrected chi connectivity index (χ2v) is 7.05. The highest BCUT2D eigenvalue weighted by molar-refractivity contribution is 5.85. The third-order valence-electron chi connectivity index (χ3n) is 5.53. The molecule has 0 spiro atoms. The van der Waals surface area contributed by atoms with Crippen LogP contribution in [-0.4, -0.2) is 41.1 Å². The maximum absolute atomic E-state index is 11.4. The predicted octanol–water partition coefficient (Wildman–Crippen LogP) is 3.98. The van der Waals surface area contributed by atoms with Gasteiger partial charge in [-0.15, -0.1) is 24.8 Å². The fourth-order valence-electron chi connectivity index (χ4n) is 4.32. The Hall–Kier alpha value is -1.08. The summed E-state index contributed by atoms with van der Waals surface area (Å²) in [6.07, 6.45) is 5.96. The van der Waals surface area contributed by atoms with Gasteiger partial charge in [0.2, 0.25) is 0 Å². The summed E-state index contributed by atoms with van der Waals surface area (Å²) in [4.78, 5) is 13.3. The molecule has 0 bridgehead atoms. The maximum atomic E-state index is 11.4. The van der Waals surface area contributed by atoms with Gasteiger partial charge in [-0.05, 0) is 25.7 Å². The summed E-state index contributed by atoms with van der Waals surface area (Å²) in [6.45, 7) is 5.38. The monoisotopic (exact) mass is 405 g/mol. The highest BCUT2D eigenvalue weighted by Gasteiger charge is 2.35. The van der Waals surface area contributed by atoms with Gasteiger partial charge in [-0.25, -0.2) is 0 Å². The van der Waals surface area contributed by atoms with Crippen LogP contribution in [0.25, 0.3) is 0 Å². The van der Waals surface area contributed by atoms with Gasteiger partial charge in [0.1, 0.15) is 0 Å². The molecular formula is C18H29Cl2N3O3. The van der Waals surface area contributed by atoms with Crippen LogP contribution in [0.1, 0.15) is 49.3 Å². The first-order chi connectivity index (χ1) is 11.6. The Bertz CT molecular complexity index is 586. The molecule has 1 saturated carbocycles. The molecule has 1 aromatic rings. The van der Waals surface area contributed by atoms with Crippen LogP contribution >= 0.6 is 24.8 Å². The molecule has 1 heterocycles. The van der Waals surface area contributed by atoms with Gasteiger partial charge in [0.25, 0.3) is 0 Å². The van der Waals surface area contributed by atoms with Crippen LogP contribution in [0.4, 0.5) is 5.69 Å². The molecule has 148 valence electrons. The lowest BCUT2D eigenvalue weighted by Gasteiger charge is -2.41. The number of nitro benzene ring substituents is 1. The van der Waals surface area contributed by atoms with Crippen LogP contribution in [0.3, 0.4) is 0 Å². The Kier molecular flexibility index (Phi) is 9.10. The normalized spacial score (nSPS) is 19.9. The molecular weight excluding hydrogens is 377 g/mol. The van der Waals surface area contributed by atoms with E-state index in [0.717, 1.165) is 44.6 Å². The summed E-state index contributed by atoms with van der Waals surface area (Å²) in [5.41, 5.74) is 1.12. The molecule has 0 radical (unpaired) electrons. The molecule has 1 aromatic carbocycles. The molecule has 1 atom stereocenters. The average molecular weight is 406 g/mol. The zero-order chi connectivity index (χ0) is 17.1. The Balaban J connectivity index is 0.00000169. The van der Waals surface area contributed by atoms with E-state index in [9.17, 15) is 15.2 Å². The number of halogens is 2. The molecule has 26 heavy (non-hydrogen) atoms. The van der Waals surface area contributed by atoms with Crippen LogP contribution in [-0.2, 0) is 0 Å². The highest BCUT2D eigenvalue weighted by atomic mass is 35.5. The first-order valence-electron chi connectivity index (χ1n) is 9.01. The van der Waals surface area contributed by atoms with Gasteiger partial charge >= 0.3 is 5.69 Å². The molecule has 1 saturated heterocycles. The Morgan fingerprint density at radius 2 is 1.81 bits per heavy atom. The van der Waals surface area contributed by atoms with Crippen molar-refractivity contribution in [1.29, 1.82) is 0 Å². The van der Waals surface area contributed by atoms with Gasteiger partial charge in [0.05, 0.1) is 4.92 Å². The Morgan fingerprint density at radius 3 is 2.38 bits per heavy atom. The van der Waals surface area contributed by atoms with Crippen LogP contribution in [0, 0.1) is 23.0 Å². The van der Waals surface area contributed by atoms with Gasteiger partial charge in [0, 0.05) is 43.3 Å². The van der Waals surface area contributed by atoms with Crippen molar-refractivity contribution < 1.29 is 10.0 Å². The molecule has 2 aliphatic rings. The van der Waals surface area contributed by atoms with E-state index in [0.29, 0.717) is 11.5 Å². The molecule has 3 rings (SSSR count). The molecule has 8 heteroatoms. The van der Waals surface area contributed by atoms with E-state index in [-0.39, 0.29) is 42.3 Å². The average Bonchev–Trinajstić information content (AvgIpc) is 2.59. The number of nitrogens with zero attached hydrogens (tertiary/aromatic N) is 2. The van der Waals surface area contributed by atoms with E-state index >= 15 is 0 Å². The lowest BCUT2D eigenvalue weighted by atomic mass is 9.79. The van der Waals surface area contributed by atoms with Gasteiger partial charge in [-0.1, -0.05) is 31.4 Å². The van der Waals surface area contributed by atoms with Crippen molar-refractivity contribution in [3.05, 3.63) is 33.4 Å². The van der Waals surface area contributed by atoms with Crippen LogP contribution < -0.4 is 5.32 Å². The van der Waals surface area contributed by atoms with Crippen molar-refractivity contribution in [2.75, 3.05) is 26.2 Å². The minimum absolute atomic E-state index is 0. The van der Waals surface area contributed by atoms with Crippen LogP contribution in [0.2, 0.25) is 0 Å². The van der Waals surface area contributed by atoms with Crippen LogP contribution in [0.15, 0.2) is 12.1 Å². The smallest absolute Gasteiger partial charge is 0.313 e. The van der Waals surface area contributed by atoms with E-state index in [1.807, 2.05) is 6.07 Å². The zero-order valence-corrected chi connectivity index (χ0v) is 16.8. The molecule has 2 N–H and O–H groups in total. The van der Waals surface area contributed by atoms with Gasteiger partial charge in [0.15, 0.2) is 5.75 Å². The number of hydrogen-bond acceptors (Lipinski definition) is 5. The summed E-state index contributed by atoms with van der Waals surface area (Å²) in [7, 11) is 0. The minimum atomic E-state index is -0.455. The summed E-state index contributed by atoms with van der Waals surface area (Å²) < 4.78 is 0. The predicted molar refractivity (Wildman–Crippen MR) is 108 cm³/mol. The van der Waals surface area contributed by atoms with Crippen molar-refractivity contribution in [3.8, 4) is 5.75 Å². The molecule has 0 amide bonds. The molecule has 0 unspecified atom stereocenters. The van der Waals surface area contributed by atoms with Crippen molar-refractivity contribution in [3.63, 3.8) is 0 Å². The number of phenolic OH excluding ortho intramolecular Hbond substituents is 1. The van der Waals surface area contributed by atoms with E-state index < -0.39 is 4.92 Å². The number of phenols is 1. The lowest BCUT2D eigenvalue weighted by Crippen LogP contribution is -2.47. The third kappa shape index (κ3) is 4.80. The zero-order valence-electron chi connectivity index (χ0n) is 15.1. The van der Waals surface area contributed by atoms with Gasteiger partial charge in [-0.2, -0.15) is 0 Å². The largest absolute Gasteiger partial charge is 0.502 e.